The van der Waals surface area contributed by atoms with Crippen molar-refractivity contribution >= 4 is 22.6 Å². The number of amides is 1. The van der Waals surface area contributed by atoms with Gasteiger partial charge in [-0.05, 0) is 48.6 Å². The zero-order chi connectivity index (χ0) is 17.2. The fourth-order valence-corrected chi connectivity index (χ4v) is 2.82. The van der Waals surface area contributed by atoms with Crippen LogP contribution in [0.1, 0.15) is 17.7 Å². The van der Waals surface area contributed by atoms with E-state index in [2.05, 4.69) is 21.5 Å². The summed E-state index contributed by atoms with van der Waals surface area (Å²) in [7, 11) is 0. The van der Waals surface area contributed by atoms with E-state index in [1.54, 1.807) is 18.4 Å². The van der Waals surface area contributed by atoms with E-state index >= 15 is 0 Å². The highest BCUT2D eigenvalue weighted by Gasteiger charge is 2.13. The SMILES string of the molecule is Cc1occc1-c1cc(NC(=O)CCc2ccc3[nH]ccc3c2)no1. The zero-order valence-corrected chi connectivity index (χ0v) is 13.7. The van der Waals surface area contributed by atoms with Gasteiger partial charge in [0.1, 0.15) is 5.76 Å². The molecule has 0 atom stereocenters. The number of hydrogen-bond acceptors (Lipinski definition) is 4. The van der Waals surface area contributed by atoms with Crippen LogP contribution < -0.4 is 5.32 Å². The van der Waals surface area contributed by atoms with E-state index in [-0.39, 0.29) is 5.91 Å². The number of carbonyl (C=O) groups is 1. The van der Waals surface area contributed by atoms with Gasteiger partial charge in [0.2, 0.25) is 5.91 Å². The Kier molecular flexibility index (Phi) is 3.85. The number of hydrogen-bond donors (Lipinski definition) is 2. The minimum Gasteiger partial charge on any atom is -0.469 e. The Hall–Kier alpha value is -3.28. The molecule has 4 aromatic rings. The highest BCUT2D eigenvalue weighted by Crippen LogP contribution is 2.26. The number of aromatic nitrogens is 2. The summed E-state index contributed by atoms with van der Waals surface area (Å²) in [6.45, 7) is 1.84. The fraction of sp³-hybridized carbons (Fsp3) is 0.158. The summed E-state index contributed by atoms with van der Waals surface area (Å²) in [5.41, 5.74) is 3.04. The molecule has 0 bridgehead atoms. The molecule has 3 aromatic heterocycles. The third kappa shape index (κ3) is 3.19. The lowest BCUT2D eigenvalue weighted by molar-refractivity contribution is -0.116. The first-order valence-corrected chi connectivity index (χ1v) is 8.06. The summed E-state index contributed by atoms with van der Waals surface area (Å²) < 4.78 is 10.5. The Balaban J connectivity index is 1.37. The number of nitrogens with one attached hydrogen (secondary N) is 2. The van der Waals surface area contributed by atoms with Crippen LogP contribution in [-0.4, -0.2) is 16.0 Å². The van der Waals surface area contributed by atoms with Gasteiger partial charge in [0.25, 0.3) is 0 Å². The molecule has 1 amide bonds. The summed E-state index contributed by atoms with van der Waals surface area (Å²) in [4.78, 5) is 15.3. The second-order valence-corrected chi connectivity index (χ2v) is 5.91. The van der Waals surface area contributed by atoms with Crippen molar-refractivity contribution in [2.24, 2.45) is 0 Å². The average molecular weight is 335 g/mol. The molecule has 2 N–H and O–H groups in total. The number of fused-ring (bicyclic) bond motifs is 1. The van der Waals surface area contributed by atoms with Crippen molar-refractivity contribution in [1.29, 1.82) is 0 Å². The molecule has 3 heterocycles. The summed E-state index contributed by atoms with van der Waals surface area (Å²) in [5, 5.41) is 7.80. The topological polar surface area (TPSA) is 84.1 Å². The first-order valence-electron chi connectivity index (χ1n) is 8.06. The standard InChI is InChI=1S/C19H17N3O3/c1-12-15(7-9-24-12)17-11-18(22-25-17)21-19(23)5-3-13-2-4-16-14(10-13)6-8-20-16/h2,4,6-11,20H,3,5H2,1H3,(H,21,22,23). The van der Waals surface area contributed by atoms with Crippen molar-refractivity contribution in [3.8, 4) is 11.3 Å². The van der Waals surface area contributed by atoms with Crippen LogP contribution in [0.2, 0.25) is 0 Å². The van der Waals surface area contributed by atoms with Gasteiger partial charge in [-0.3, -0.25) is 4.79 Å². The van der Waals surface area contributed by atoms with Crippen LogP contribution in [0.4, 0.5) is 5.82 Å². The van der Waals surface area contributed by atoms with Crippen molar-refractivity contribution in [3.63, 3.8) is 0 Å². The van der Waals surface area contributed by atoms with Gasteiger partial charge in [0.15, 0.2) is 11.6 Å². The number of H-pyrrole nitrogens is 1. The predicted molar refractivity (Wildman–Crippen MR) is 94.2 cm³/mol. The average Bonchev–Trinajstić information content (AvgIpc) is 3.33. The van der Waals surface area contributed by atoms with Crippen molar-refractivity contribution < 1.29 is 13.7 Å². The molecule has 126 valence electrons. The normalized spacial score (nSPS) is 11.1. The van der Waals surface area contributed by atoms with E-state index in [0.29, 0.717) is 24.4 Å². The quantitative estimate of drug-likeness (QED) is 0.569. The molecule has 0 unspecified atom stereocenters. The van der Waals surface area contributed by atoms with Gasteiger partial charge in [-0.1, -0.05) is 11.2 Å². The van der Waals surface area contributed by atoms with E-state index in [9.17, 15) is 4.79 Å². The van der Waals surface area contributed by atoms with Gasteiger partial charge in [0.05, 0.1) is 11.8 Å². The molecule has 6 nitrogen and oxygen atoms in total. The van der Waals surface area contributed by atoms with Gasteiger partial charge in [-0.15, -0.1) is 0 Å². The maximum Gasteiger partial charge on any atom is 0.225 e. The van der Waals surface area contributed by atoms with Crippen molar-refractivity contribution in [1.82, 2.24) is 10.1 Å². The third-order valence-electron chi connectivity index (χ3n) is 4.16. The lowest BCUT2D eigenvalue weighted by atomic mass is 10.1. The Labute approximate surface area is 143 Å². The minimum absolute atomic E-state index is 0.0991. The maximum absolute atomic E-state index is 12.1. The molecule has 25 heavy (non-hydrogen) atoms. The van der Waals surface area contributed by atoms with Gasteiger partial charge in [0, 0.05) is 24.2 Å². The van der Waals surface area contributed by atoms with Crippen LogP contribution in [0.5, 0.6) is 0 Å². The van der Waals surface area contributed by atoms with Gasteiger partial charge in [-0.2, -0.15) is 0 Å². The van der Waals surface area contributed by atoms with Gasteiger partial charge >= 0.3 is 0 Å². The van der Waals surface area contributed by atoms with E-state index in [1.807, 2.05) is 31.3 Å². The molecule has 0 aliphatic rings. The van der Waals surface area contributed by atoms with Crippen LogP contribution in [-0.2, 0) is 11.2 Å². The number of aryl methyl sites for hydroxylation is 2. The molecule has 4 rings (SSSR count). The molecular formula is C19H17N3O3. The number of rotatable bonds is 5. The second-order valence-electron chi connectivity index (χ2n) is 5.91. The second kappa shape index (κ2) is 6.32. The maximum atomic E-state index is 12.1. The van der Waals surface area contributed by atoms with Crippen LogP contribution in [0.3, 0.4) is 0 Å². The van der Waals surface area contributed by atoms with Crippen molar-refractivity contribution in [2.75, 3.05) is 5.32 Å². The van der Waals surface area contributed by atoms with Crippen molar-refractivity contribution in [2.45, 2.75) is 19.8 Å². The summed E-state index contributed by atoms with van der Waals surface area (Å²) in [6.07, 6.45) is 4.54. The van der Waals surface area contributed by atoms with E-state index in [4.69, 9.17) is 8.94 Å². The summed E-state index contributed by atoms with van der Waals surface area (Å²) in [5.74, 6) is 1.62. The number of nitrogens with zero attached hydrogens (tertiary/aromatic N) is 1. The molecule has 0 radical (unpaired) electrons. The predicted octanol–water partition coefficient (Wildman–Crippen LogP) is 4.30. The molecular weight excluding hydrogens is 318 g/mol. The van der Waals surface area contributed by atoms with E-state index in [0.717, 1.165) is 27.8 Å². The molecule has 0 spiro atoms. The number of furan rings is 1. The van der Waals surface area contributed by atoms with E-state index < -0.39 is 0 Å². The van der Waals surface area contributed by atoms with E-state index in [1.165, 1.54) is 0 Å². The highest BCUT2D eigenvalue weighted by atomic mass is 16.5. The smallest absolute Gasteiger partial charge is 0.225 e. The monoisotopic (exact) mass is 335 g/mol. The number of benzene rings is 1. The van der Waals surface area contributed by atoms with Crippen LogP contribution in [0, 0.1) is 6.92 Å². The molecule has 1 aromatic carbocycles. The Morgan fingerprint density at radius 2 is 2.16 bits per heavy atom. The molecule has 0 aliphatic carbocycles. The van der Waals surface area contributed by atoms with Gasteiger partial charge < -0.3 is 19.2 Å². The number of carbonyl (C=O) groups excluding carboxylic acids is 1. The third-order valence-corrected chi connectivity index (χ3v) is 4.16. The van der Waals surface area contributed by atoms with Crippen LogP contribution in [0.25, 0.3) is 22.2 Å². The summed E-state index contributed by atoms with van der Waals surface area (Å²) >= 11 is 0. The summed E-state index contributed by atoms with van der Waals surface area (Å²) in [6, 6.07) is 11.7. The fourth-order valence-electron chi connectivity index (χ4n) is 2.82. The Bertz CT molecular complexity index is 1030. The minimum atomic E-state index is -0.0991. The Morgan fingerprint density at radius 1 is 1.24 bits per heavy atom. The number of aromatic amines is 1. The van der Waals surface area contributed by atoms with Crippen molar-refractivity contribution in [3.05, 3.63) is 60.2 Å². The zero-order valence-electron chi connectivity index (χ0n) is 13.7. The lowest BCUT2D eigenvalue weighted by Gasteiger charge is -2.02. The first-order chi connectivity index (χ1) is 12.2. The molecule has 6 heteroatoms. The molecule has 0 saturated carbocycles. The molecule has 0 saturated heterocycles. The molecule has 0 aliphatic heterocycles. The first kappa shape index (κ1) is 15.3. The largest absolute Gasteiger partial charge is 0.469 e. The number of anilines is 1. The van der Waals surface area contributed by atoms with Crippen LogP contribution >= 0.6 is 0 Å². The van der Waals surface area contributed by atoms with Crippen LogP contribution in [0.15, 0.2) is 57.8 Å². The Morgan fingerprint density at radius 3 is 3.00 bits per heavy atom. The highest BCUT2D eigenvalue weighted by molar-refractivity contribution is 5.90. The lowest BCUT2D eigenvalue weighted by Crippen LogP contribution is -2.12. The van der Waals surface area contributed by atoms with Gasteiger partial charge in [-0.25, -0.2) is 0 Å². The molecule has 0 fully saturated rings.